The molecule has 1 atom stereocenters. The van der Waals surface area contributed by atoms with Gasteiger partial charge in [-0.2, -0.15) is 18.2 Å². The molecular weight excluding hydrogens is 429 g/mol. The summed E-state index contributed by atoms with van der Waals surface area (Å²) >= 11 is 5.92. The zero-order valence-corrected chi connectivity index (χ0v) is 17.2. The summed E-state index contributed by atoms with van der Waals surface area (Å²) in [6, 6.07) is 11.7. The highest BCUT2D eigenvalue weighted by molar-refractivity contribution is 6.30. The zero-order chi connectivity index (χ0) is 22.2. The summed E-state index contributed by atoms with van der Waals surface area (Å²) in [7, 11) is 0. The van der Waals surface area contributed by atoms with Crippen molar-refractivity contribution in [1.29, 1.82) is 0 Å². The molecule has 2 N–H and O–H groups in total. The second-order valence-electron chi connectivity index (χ2n) is 7.49. The number of rotatable bonds is 4. The Morgan fingerprint density at radius 3 is 2.45 bits per heavy atom. The van der Waals surface area contributed by atoms with Crippen LogP contribution in [0.3, 0.4) is 0 Å². The standard InChI is InChI=1S/C22H18ClF3N4O/c1-12-9-17-19(18(31)10-12)20(27-16-4-2-3-13(11-16)22(24,25)26)30-21(29-17)28-15-7-5-14(23)6-8-15/h2-8,11-12H,9-10H2,1H3,(H2,27,28,29,30). The van der Waals surface area contributed by atoms with Crippen molar-refractivity contribution in [2.45, 2.75) is 25.9 Å². The number of aromatic nitrogens is 2. The highest BCUT2D eigenvalue weighted by Gasteiger charge is 2.31. The summed E-state index contributed by atoms with van der Waals surface area (Å²) in [6.07, 6.45) is -3.58. The van der Waals surface area contributed by atoms with E-state index in [-0.39, 0.29) is 29.2 Å². The van der Waals surface area contributed by atoms with E-state index in [9.17, 15) is 18.0 Å². The number of benzene rings is 2. The van der Waals surface area contributed by atoms with Crippen LogP contribution in [0.2, 0.25) is 5.02 Å². The van der Waals surface area contributed by atoms with Crippen LogP contribution in [0.5, 0.6) is 0 Å². The monoisotopic (exact) mass is 446 g/mol. The van der Waals surface area contributed by atoms with Crippen LogP contribution >= 0.6 is 11.6 Å². The molecule has 0 saturated carbocycles. The summed E-state index contributed by atoms with van der Waals surface area (Å²) < 4.78 is 39.3. The molecule has 5 nitrogen and oxygen atoms in total. The number of Topliss-reactive ketones (excluding diaryl/α,β-unsaturated/α-hetero) is 1. The normalized spacial score (nSPS) is 16.0. The van der Waals surface area contributed by atoms with Crippen molar-refractivity contribution in [2.24, 2.45) is 5.92 Å². The lowest BCUT2D eigenvalue weighted by molar-refractivity contribution is -0.137. The SMILES string of the molecule is CC1CC(=O)c2c(nc(Nc3ccc(Cl)cc3)nc2Nc2cccc(C(F)(F)F)c2)C1. The number of carbonyl (C=O) groups excluding carboxylic acids is 1. The van der Waals surface area contributed by atoms with Gasteiger partial charge >= 0.3 is 6.18 Å². The summed E-state index contributed by atoms with van der Waals surface area (Å²) in [5.74, 6) is 0.385. The molecule has 0 saturated heterocycles. The Morgan fingerprint density at radius 1 is 1.00 bits per heavy atom. The van der Waals surface area contributed by atoms with E-state index in [4.69, 9.17) is 11.6 Å². The summed E-state index contributed by atoms with van der Waals surface area (Å²) in [6.45, 7) is 1.95. The van der Waals surface area contributed by atoms with Gasteiger partial charge in [0.05, 0.1) is 16.8 Å². The van der Waals surface area contributed by atoms with Gasteiger partial charge in [-0.25, -0.2) is 4.98 Å². The average Bonchev–Trinajstić information content (AvgIpc) is 2.68. The number of nitrogens with zero attached hydrogens (tertiary/aromatic N) is 2. The van der Waals surface area contributed by atoms with Crippen molar-refractivity contribution in [2.75, 3.05) is 10.6 Å². The Hall–Kier alpha value is -3.13. The van der Waals surface area contributed by atoms with Crippen LogP contribution in [0, 0.1) is 5.92 Å². The molecule has 4 rings (SSSR count). The number of carbonyl (C=O) groups is 1. The van der Waals surface area contributed by atoms with E-state index < -0.39 is 11.7 Å². The maximum Gasteiger partial charge on any atom is 0.416 e. The van der Waals surface area contributed by atoms with E-state index >= 15 is 0 Å². The highest BCUT2D eigenvalue weighted by Crippen LogP contribution is 2.34. The van der Waals surface area contributed by atoms with E-state index in [2.05, 4.69) is 20.6 Å². The topological polar surface area (TPSA) is 66.9 Å². The zero-order valence-electron chi connectivity index (χ0n) is 16.4. The Bertz CT molecular complexity index is 1130. The number of halogens is 4. The lowest BCUT2D eigenvalue weighted by Crippen LogP contribution is -2.22. The molecule has 2 aromatic carbocycles. The van der Waals surface area contributed by atoms with Crippen molar-refractivity contribution in [3.63, 3.8) is 0 Å². The minimum atomic E-state index is -4.48. The molecule has 1 aromatic heterocycles. The van der Waals surface area contributed by atoms with E-state index in [1.54, 1.807) is 24.3 Å². The Morgan fingerprint density at radius 2 is 1.74 bits per heavy atom. The van der Waals surface area contributed by atoms with Crippen molar-refractivity contribution in [3.05, 3.63) is 70.4 Å². The molecule has 3 aromatic rings. The minimum Gasteiger partial charge on any atom is -0.339 e. The van der Waals surface area contributed by atoms with Gasteiger partial charge in [0.2, 0.25) is 5.95 Å². The molecule has 9 heteroatoms. The van der Waals surface area contributed by atoms with Crippen LogP contribution in [-0.2, 0) is 12.6 Å². The fraction of sp³-hybridized carbons (Fsp3) is 0.227. The number of ketones is 1. The molecule has 0 bridgehead atoms. The van der Waals surface area contributed by atoms with E-state index in [0.717, 1.165) is 12.1 Å². The molecule has 0 fully saturated rings. The predicted molar refractivity (Wildman–Crippen MR) is 113 cm³/mol. The number of anilines is 4. The quantitative estimate of drug-likeness (QED) is 0.485. The molecule has 0 spiro atoms. The van der Waals surface area contributed by atoms with E-state index in [1.807, 2.05) is 6.92 Å². The van der Waals surface area contributed by atoms with Gasteiger partial charge in [0.15, 0.2) is 5.78 Å². The van der Waals surface area contributed by atoms with Gasteiger partial charge in [0.1, 0.15) is 5.82 Å². The van der Waals surface area contributed by atoms with Gasteiger partial charge in [0, 0.05) is 22.8 Å². The molecule has 0 amide bonds. The first kappa shape index (κ1) is 21.1. The summed E-state index contributed by atoms with van der Waals surface area (Å²) in [5, 5.41) is 6.53. The second kappa shape index (κ2) is 8.19. The van der Waals surface area contributed by atoms with Crippen molar-refractivity contribution < 1.29 is 18.0 Å². The maximum absolute atomic E-state index is 13.1. The van der Waals surface area contributed by atoms with Crippen molar-refractivity contribution in [1.82, 2.24) is 9.97 Å². The van der Waals surface area contributed by atoms with Crippen LogP contribution in [0.15, 0.2) is 48.5 Å². The maximum atomic E-state index is 13.1. The molecule has 0 aliphatic heterocycles. The molecule has 1 unspecified atom stereocenters. The summed E-state index contributed by atoms with van der Waals surface area (Å²) in [4.78, 5) is 21.6. The molecule has 160 valence electrons. The molecular formula is C22H18ClF3N4O. The van der Waals surface area contributed by atoms with Crippen LogP contribution in [0.4, 0.5) is 36.3 Å². The second-order valence-corrected chi connectivity index (χ2v) is 7.93. The molecule has 0 radical (unpaired) electrons. The van der Waals surface area contributed by atoms with Crippen LogP contribution < -0.4 is 10.6 Å². The fourth-order valence-corrected chi connectivity index (χ4v) is 3.61. The average molecular weight is 447 g/mol. The first-order valence-electron chi connectivity index (χ1n) is 9.60. The third-order valence-electron chi connectivity index (χ3n) is 4.89. The van der Waals surface area contributed by atoms with Crippen LogP contribution in [-0.4, -0.2) is 15.8 Å². The highest BCUT2D eigenvalue weighted by atomic mass is 35.5. The Labute approximate surface area is 181 Å². The predicted octanol–water partition coefficient (Wildman–Crippen LogP) is 6.40. The van der Waals surface area contributed by atoms with Crippen molar-refractivity contribution >= 4 is 40.5 Å². The first-order valence-corrected chi connectivity index (χ1v) is 9.98. The molecule has 1 heterocycles. The van der Waals surface area contributed by atoms with Gasteiger partial charge in [-0.15, -0.1) is 0 Å². The molecule has 1 aliphatic carbocycles. The van der Waals surface area contributed by atoms with Gasteiger partial charge in [0.25, 0.3) is 0 Å². The number of hydrogen-bond donors (Lipinski definition) is 2. The van der Waals surface area contributed by atoms with Gasteiger partial charge in [-0.3, -0.25) is 4.79 Å². The summed E-state index contributed by atoms with van der Waals surface area (Å²) in [5.41, 5.74) is 0.950. The molecule has 1 aliphatic rings. The number of hydrogen-bond acceptors (Lipinski definition) is 5. The fourth-order valence-electron chi connectivity index (χ4n) is 3.49. The van der Waals surface area contributed by atoms with Crippen molar-refractivity contribution in [3.8, 4) is 0 Å². The first-order chi connectivity index (χ1) is 14.7. The van der Waals surface area contributed by atoms with Gasteiger partial charge < -0.3 is 10.6 Å². The lowest BCUT2D eigenvalue weighted by atomic mass is 9.87. The number of nitrogens with one attached hydrogen (secondary N) is 2. The van der Waals surface area contributed by atoms with Gasteiger partial charge in [-0.05, 0) is 54.8 Å². The third kappa shape index (κ3) is 4.80. The Balaban J connectivity index is 1.74. The Kier molecular flexibility index (Phi) is 5.58. The van der Waals surface area contributed by atoms with Crippen LogP contribution in [0.25, 0.3) is 0 Å². The third-order valence-corrected chi connectivity index (χ3v) is 5.14. The largest absolute Gasteiger partial charge is 0.416 e. The van der Waals surface area contributed by atoms with Gasteiger partial charge in [-0.1, -0.05) is 24.6 Å². The lowest BCUT2D eigenvalue weighted by Gasteiger charge is -2.23. The smallest absolute Gasteiger partial charge is 0.339 e. The van der Waals surface area contributed by atoms with Crippen LogP contribution in [0.1, 0.15) is 35.0 Å². The number of alkyl halides is 3. The van der Waals surface area contributed by atoms with E-state index in [0.29, 0.717) is 34.8 Å². The molecule has 31 heavy (non-hydrogen) atoms. The minimum absolute atomic E-state index is 0.111. The van der Waals surface area contributed by atoms with E-state index in [1.165, 1.54) is 12.1 Å². The number of fused-ring (bicyclic) bond motifs is 1.